The van der Waals surface area contributed by atoms with E-state index in [9.17, 15) is 4.79 Å². The van der Waals surface area contributed by atoms with E-state index in [-0.39, 0.29) is 0 Å². The summed E-state index contributed by atoms with van der Waals surface area (Å²) in [5.41, 5.74) is 0. The maximum atomic E-state index is 10.6. The second-order valence-corrected chi connectivity index (χ2v) is 11.2. The number of hydrogen-bond acceptors (Lipinski definition) is 3. The van der Waals surface area contributed by atoms with Crippen LogP contribution in [0.15, 0.2) is 11.0 Å². The zero-order valence-corrected chi connectivity index (χ0v) is 11.0. The molecule has 1 rings (SSSR count). The third kappa shape index (κ3) is 2.45. The summed E-state index contributed by atoms with van der Waals surface area (Å²) in [6, 6.07) is 2.01. The van der Waals surface area contributed by atoms with Crippen LogP contribution in [0.3, 0.4) is 0 Å². The maximum Gasteiger partial charge on any atom is 0.160 e. The molecule has 0 amide bonds. The van der Waals surface area contributed by atoms with Gasteiger partial charge in [0, 0.05) is 9.40 Å². The van der Waals surface area contributed by atoms with Gasteiger partial charge in [-0.2, -0.15) is 0 Å². The maximum absolute atomic E-state index is 10.6. The van der Waals surface area contributed by atoms with E-state index < -0.39 is 8.07 Å². The largest absolute Gasteiger partial charge is 0.297 e. The van der Waals surface area contributed by atoms with E-state index in [0.29, 0.717) is 0 Å². The molecule has 0 aliphatic heterocycles. The van der Waals surface area contributed by atoms with Crippen LogP contribution in [0.1, 0.15) is 9.67 Å². The van der Waals surface area contributed by atoms with Crippen molar-refractivity contribution >= 4 is 42.0 Å². The molecule has 1 heterocycles. The molecule has 13 heavy (non-hydrogen) atoms. The number of carbonyl (C=O) groups is 1. The third-order valence-corrected chi connectivity index (χ3v) is 7.46. The van der Waals surface area contributed by atoms with E-state index in [4.69, 9.17) is 0 Å². The van der Waals surface area contributed by atoms with E-state index in [1.165, 1.54) is 9.40 Å². The van der Waals surface area contributed by atoms with E-state index in [1.807, 2.05) is 6.07 Å². The number of hydrogen-bond donors (Lipinski definition) is 0. The molecule has 0 unspecified atom stereocenters. The minimum atomic E-state index is -1.26. The fourth-order valence-electron chi connectivity index (χ4n) is 1.12. The van der Waals surface area contributed by atoms with Crippen LogP contribution in [0.25, 0.3) is 0 Å². The average Bonchev–Trinajstić information content (AvgIpc) is 2.46. The Morgan fingerprint density at radius 1 is 1.46 bits per heavy atom. The predicted octanol–water partition coefficient (Wildman–Crippen LogP) is 2.83. The first kappa shape index (κ1) is 11.0. The normalized spacial score (nSPS) is 11.7. The molecule has 0 fully saturated rings. The van der Waals surface area contributed by atoms with Gasteiger partial charge in [0.1, 0.15) is 0 Å². The van der Waals surface area contributed by atoms with Gasteiger partial charge >= 0.3 is 0 Å². The summed E-state index contributed by atoms with van der Waals surface area (Å²) < 4.78 is 1.45. The SMILES string of the molecule is CSc1cc(C=O)sc1[Si](C)(C)C. The zero-order valence-electron chi connectivity index (χ0n) is 8.38. The van der Waals surface area contributed by atoms with Crippen LogP contribution in [-0.2, 0) is 0 Å². The van der Waals surface area contributed by atoms with Crippen molar-refractivity contribution in [2.45, 2.75) is 24.5 Å². The van der Waals surface area contributed by atoms with Crippen LogP contribution >= 0.6 is 23.1 Å². The Bertz CT molecular complexity index is 312. The summed E-state index contributed by atoms with van der Waals surface area (Å²) in [7, 11) is -1.26. The van der Waals surface area contributed by atoms with Crippen molar-refractivity contribution in [3.63, 3.8) is 0 Å². The van der Waals surface area contributed by atoms with Crippen molar-refractivity contribution < 1.29 is 4.79 Å². The summed E-state index contributed by atoms with van der Waals surface area (Å²) >= 11 is 3.41. The Morgan fingerprint density at radius 2 is 2.08 bits per heavy atom. The summed E-state index contributed by atoms with van der Waals surface area (Å²) in [5, 5.41) is 0. The molecule has 0 saturated heterocycles. The molecule has 0 aliphatic rings. The van der Waals surface area contributed by atoms with E-state index >= 15 is 0 Å². The smallest absolute Gasteiger partial charge is 0.160 e. The molecule has 0 N–H and O–H groups in total. The third-order valence-electron chi connectivity index (χ3n) is 1.73. The highest BCUT2D eigenvalue weighted by Gasteiger charge is 2.22. The zero-order chi connectivity index (χ0) is 10.1. The lowest BCUT2D eigenvalue weighted by Gasteiger charge is -2.15. The van der Waals surface area contributed by atoms with Crippen molar-refractivity contribution in [2.75, 3.05) is 6.26 Å². The molecule has 0 bridgehead atoms. The standard InChI is InChI=1S/C9H14OS2Si/c1-11-8-5-7(6-10)12-9(8)13(2,3)4/h5-6H,1-4H3. The minimum absolute atomic E-state index is 0.863. The van der Waals surface area contributed by atoms with Gasteiger partial charge in [-0.25, -0.2) is 0 Å². The van der Waals surface area contributed by atoms with Gasteiger partial charge in [-0.05, 0) is 12.3 Å². The molecule has 4 heteroatoms. The lowest BCUT2D eigenvalue weighted by molar-refractivity contribution is 0.112. The van der Waals surface area contributed by atoms with Gasteiger partial charge in [-0.3, -0.25) is 4.79 Å². The Kier molecular flexibility index (Phi) is 3.37. The van der Waals surface area contributed by atoms with Gasteiger partial charge < -0.3 is 0 Å². The molecule has 0 atom stereocenters. The molecule has 0 aromatic carbocycles. The highest BCUT2D eigenvalue weighted by Crippen LogP contribution is 2.23. The van der Waals surface area contributed by atoms with Gasteiger partial charge in [-0.1, -0.05) is 19.6 Å². The Hall–Kier alpha value is -0.0631. The van der Waals surface area contributed by atoms with Crippen LogP contribution < -0.4 is 4.50 Å². The van der Waals surface area contributed by atoms with Crippen molar-refractivity contribution in [2.24, 2.45) is 0 Å². The molecule has 0 radical (unpaired) electrons. The number of thiophene rings is 1. The van der Waals surface area contributed by atoms with Gasteiger partial charge in [0.2, 0.25) is 0 Å². The Morgan fingerprint density at radius 3 is 2.38 bits per heavy atom. The second-order valence-electron chi connectivity index (χ2n) is 3.91. The summed E-state index contributed by atoms with van der Waals surface area (Å²) in [6.45, 7) is 6.94. The lowest BCUT2D eigenvalue weighted by atomic mass is 10.5. The van der Waals surface area contributed by atoms with Crippen LogP contribution in [-0.4, -0.2) is 20.6 Å². The summed E-state index contributed by atoms with van der Waals surface area (Å²) in [5.74, 6) is 0. The first-order valence-electron chi connectivity index (χ1n) is 4.12. The van der Waals surface area contributed by atoms with E-state index in [1.54, 1.807) is 23.1 Å². The van der Waals surface area contributed by atoms with Gasteiger partial charge in [-0.15, -0.1) is 23.1 Å². The number of rotatable bonds is 3. The van der Waals surface area contributed by atoms with Crippen molar-refractivity contribution in [1.82, 2.24) is 0 Å². The van der Waals surface area contributed by atoms with Crippen molar-refractivity contribution in [3.8, 4) is 0 Å². The molecule has 72 valence electrons. The van der Waals surface area contributed by atoms with Crippen LogP contribution in [0.4, 0.5) is 0 Å². The number of thioether (sulfide) groups is 1. The Labute approximate surface area is 88.6 Å². The van der Waals surface area contributed by atoms with Gasteiger partial charge in [0.25, 0.3) is 0 Å². The van der Waals surface area contributed by atoms with Gasteiger partial charge in [0.15, 0.2) is 6.29 Å². The average molecular weight is 230 g/mol. The Balaban J connectivity index is 3.19. The lowest BCUT2D eigenvalue weighted by Crippen LogP contribution is -2.36. The second kappa shape index (κ2) is 3.98. The fourth-order valence-corrected chi connectivity index (χ4v) is 6.24. The minimum Gasteiger partial charge on any atom is -0.297 e. The van der Waals surface area contributed by atoms with Crippen LogP contribution in [0, 0.1) is 0 Å². The van der Waals surface area contributed by atoms with E-state index in [2.05, 4.69) is 25.9 Å². The monoisotopic (exact) mass is 230 g/mol. The first-order chi connectivity index (χ1) is 5.99. The predicted molar refractivity (Wildman–Crippen MR) is 64.5 cm³/mol. The van der Waals surface area contributed by atoms with Crippen molar-refractivity contribution in [3.05, 3.63) is 10.9 Å². The number of aldehydes is 1. The van der Waals surface area contributed by atoms with E-state index in [0.717, 1.165) is 11.2 Å². The molecule has 1 nitrogen and oxygen atoms in total. The quantitative estimate of drug-likeness (QED) is 0.451. The van der Waals surface area contributed by atoms with Crippen LogP contribution in [0.5, 0.6) is 0 Å². The first-order valence-corrected chi connectivity index (χ1v) is 9.66. The molecule has 0 aliphatic carbocycles. The van der Waals surface area contributed by atoms with Crippen LogP contribution in [0.2, 0.25) is 19.6 Å². The highest BCUT2D eigenvalue weighted by atomic mass is 32.2. The molecule has 0 spiro atoms. The van der Waals surface area contributed by atoms with Crippen molar-refractivity contribution in [1.29, 1.82) is 0 Å². The molecule has 1 aromatic rings. The highest BCUT2D eigenvalue weighted by molar-refractivity contribution is 7.99. The van der Waals surface area contributed by atoms with Gasteiger partial charge in [0.05, 0.1) is 13.0 Å². The molecule has 1 aromatic heterocycles. The summed E-state index contributed by atoms with van der Waals surface area (Å²) in [6.07, 6.45) is 3.02. The topological polar surface area (TPSA) is 17.1 Å². The number of carbonyl (C=O) groups excluding carboxylic acids is 1. The molecule has 0 saturated carbocycles. The fraction of sp³-hybridized carbons (Fsp3) is 0.444. The summed E-state index contributed by atoms with van der Waals surface area (Å²) in [4.78, 5) is 12.8. The molecular weight excluding hydrogens is 216 g/mol. The molecular formula is C9H14OS2Si.